The van der Waals surface area contributed by atoms with Gasteiger partial charge in [0.05, 0.1) is 11.4 Å². The molecule has 2 N–H and O–H groups in total. The van der Waals surface area contributed by atoms with Crippen molar-refractivity contribution in [3.05, 3.63) is 41.2 Å². The molecule has 0 saturated heterocycles. The molecule has 1 aliphatic carbocycles. The van der Waals surface area contributed by atoms with E-state index < -0.39 is 24.9 Å². The van der Waals surface area contributed by atoms with Crippen LogP contribution in [-0.2, 0) is 6.42 Å². The Hall–Kier alpha value is -2.91. The van der Waals surface area contributed by atoms with Crippen molar-refractivity contribution in [3.8, 4) is 5.69 Å². The number of aromatic nitrogens is 3. The van der Waals surface area contributed by atoms with Crippen molar-refractivity contribution >= 4 is 11.8 Å². The molecular weight excluding hydrogens is 375 g/mol. The predicted octanol–water partition coefficient (Wildman–Crippen LogP) is 2.40. The minimum atomic E-state index is -4.37. The van der Waals surface area contributed by atoms with E-state index in [4.69, 9.17) is 0 Å². The van der Waals surface area contributed by atoms with Gasteiger partial charge in [-0.1, -0.05) is 5.21 Å². The highest BCUT2D eigenvalue weighted by molar-refractivity contribution is 5.94. The van der Waals surface area contributed by atoms with Crippen molar-refractivity contribution in [1.29, 1.82) is 0 Å². The Bertz CT molecular complexity index is 857. The van der Waals surface area contributed by atoms with Crippen LogP contribution in [0.5, 0.6) is 0 Å². The van der Waals surface area contributed by atoms with Crippen LogP contribution in [0.4, 0.5) is 13.2 Å². The minimum Gasteiger partial charge on any atom is -0.352 e. The Kier molecular flexibility index (Phi) is 5.66. The van der Waals surface area contributed by atoms with E-state index in [1.807, 2.05) is 0 Å². The first-order valence-electron chi connectivity index (χ1n) is 8.99. The smallest absolute Gasteiger partial charge is 0.352 e. The second kappa shape index (κ2) is 7.99. The van der Waals surface area contributed by atoms with Gasteiger partial charge in [0.2, 0.25) is 0 Å². The fraction of sp³-hybridized carbons (Fsp3) is 0.444. The van der Waals surface area contributed by atoms with Crippen LogP contribution in [0.2, 0.25) is 0 Å². The molecular formula is C18H20F3N5O2. The Morgan fingerprint density at radius 1 is 1.18 bits per heavy atom. The summed E-state index contributed by atoms with van der Waals surface area (Å²) < 4.78 is 39.5. The lowest BCUT2D eigenvalue weighted by Gasteiger charge is -2.11. The number of nitrogens with zero attached hydrogens (tertiary/aromatic N) is 3. The van der Waals surface area contributed by atoms with Gasteiger partial charge >= 0.3 is 6.18 Å². The molecule has 7 nitrogen and oxygen atoms in total. The predicted molar refractivity (Wildman–Crippen MR) is 94.2 cm³/mol. The number of hydrogen-bond donors (Lipinski definition) is 2. The Labute approximate surface area is 159 Å². The fourth-order valence-corrected chi connectivity index (χ4v) is 2.67. The third kappa shape index (κ3) is 4.87. The lowest BCUT2D eigenvalue weighted by Crippen LogP contribution is -2.27. The first-order chi connectivity index (χ1) is 13.3. The maximum Gasteiger partial charge on any atom is 0.389 e. The van der Waals surface area contributed by atoms with Gasteiger partial charge in [0, 0.05) is 31.0 Å². The molecule has 0 unspecified atom stereocenters. The molecule has 28 heavy (non-hydrogen) atoms. The summed E-state index contributed by atoms with van der Waals surface area (Å²) >= 11 is 0. The van der Waals surface area contributed by atoms with Crippen molar-refractivity contribution in [1.82, 2.24) is 25.6 Å². The normalized spacial score (nSPS) is 14.0. The van der Waals surface area contributed by atoms with Gasteiger partial charge in [-0.25, -0.2) is 4.68 Å². The average Bonchev–Trinajstić information content (AvgIpc) is 3.35. The molecule has 1 aromatic carbocycles. The van der Waals surface area contributed by atoms with Crippen molar-refractivity contribution in [2.75, 3.05) is 6.54 Å². The van der Waals surface area contributed by atoms with E-state index in [0.29, 0.717) is 17.8 Å². The van der Waals surface area contributed by atoms with Crippen LogP contribution in [0.1, 0.15) is 52.7 Å². The Morgan fingerprint density at radius 3 is 2.43 bits per heavy atom. The van der Waals surface area contributed by atoms with E-state index in [0.717, 1.165) is 12.8 Å². The van der Waals surface area contributed by atoms with Crippen molar-refractivity contribution in [2.24, 2.45) is 0 Å². The summed E-state index contributed by atoms with van der Waals surface area (Å²) in [4.78, 5) is 24.2. The number of alkyl halides is 3. The lowest BCUT2D eigenvalue weighted by molar-refractivity contribution is -0.134. The molecule has 1 aliphatic rings. The van der Waals surface area contributed by atoms with Gasteiger partial charge in [0.1, 0.15) is 0 Å². The first kappa shape index (κ1) is 19.8. The summed E-state index contributed by atoms with van der Waals surface area (Å²) in [5.41, 5.74) is 0.808. The number of carbonyl (C=O) groups excluding carboxylic acids is 2. The maximum atomic E-state index is 12.8. The minimum absolute atomic E-state index is 0.0458. The van der Waals surface area contributed by atoms with Crippen LogP contribution in [0.15, 0.2) is 24.3 Å². The zero-order chi connectivity index (χ0) is 20.3. The number of hydrogen-bond acceptors (Lipinski definition) is 4. The standard InChI is InChI=1S/C18H20F3N5O2/c1-2-22-16(27)11-3-7-13(8-4-11)26-14(9-10-18(19,20)21)15(24-25-26)17(28)23-12-5-6-12/h3-4,7-8,12H,2,5-6,9-10H2,1H3,(H,22,27)(H,23,28). The largest absolute Gasteiger partial charge is 0.389 e. The van der Waals surface area contributed by atoms with Crippen molar-refractivity contribution in [3.63, 3.8) is 0 Å². The summed E-state index contributed by atoms with van der Waals surface area (Å²) in [6.45, 7) is 2.27. The van der Waals surface area contributed by atoms with Gasteiger partial charge in [0.25, 0.3) is 11.8 Å². The molecule has 2 amide bonds. The SMILES string of the molecule is CCNC(=O)c1ccc(-n2nnc(C(=O)NC3CC3)c2CCC(F)(F)F)cc1. The van der Waals surface area contributed by atoms with Crippen LogP contribution in [0, 0.1) is 0 Å². The average molecular weight is 395 g/mol. The van der Waals surface area contributed by atoms with Crippen LogP contribution < -0.4 is 10.6 Å². The molecule has 1 heterocycles. The van der Waals surface area contributed by atoms with Gasteiger partial charge < -0.3 is 10.6 Å². The highest BCUT2D eigenvalue weighted by Crippen LogP contribution is 2.25. The zero-order valence-electron chi connectivity index (χ0n) is 15.2. The van der Waals surface area contributed by atoms with E-state index in [1.165, 1.54) is 4.68 Å². The third-order valence-electron chi connectivity index (χ3n) is 4.25. The summed E-state index contributed by atoms with van der Waals surface area (Å²) in [5, 5.41) is 13.1. The molecule has 0 bridgehead atoms. The second-order valence-corrected chi connectivity index (χ2v) is 6.57. The van der Waals surface area contributed by atoms with Crippen LogP contribution in [0.25, 0.3) is 5.69 Å². The van der Waals surface area contributed by atoms with E-state index in [-0.39, 0.29) is 23.3 Å². The summed E-state index contributed by atoms with van der Waals surface area (Å²) in [6, 6.07) is 6.24. The Balaban J connectivity index is 1.89. The van der Waals surface area contributed by atoms with Gasteiger partial charge in [0.15, 0.2) is 5.69 Å². The number of carbonyl (C=O) groups is 2. The quantitative estimate of drug-likeness (QED) is 0.754. The molecule has 1 fully saturated rings. The van der Waals surface area contributed by atoms with Crippen LogP contribution >= 0.6 is 0 Å². The number of benzene rings is 1. The van der Waals surface area contributed by atoms with E-state index in [1.54, 1.807) is 31.2 Å². The topological polar surface area (TPSA) is 88.9 Å². The maximum absolute atomic E-state index is 12.8. The van der Waals surface area contributed by atoms with Gasteiger partial charge in [-0.05, 0) is 44.0 Å². The molecule has 2 aromatic rings. The second-order valence-electron chi connectivity index (χ2n) is 6.57. The molecule has 0 aliphatic heterocycles. The highest BCUT2D eigenvalue weighted by atomic mass is 19.4. The Morgan fingerprint density at radius 2 is 1.86 bits per heavy atom. The van der Waals surface area contributed by atoms with Crippen LogP contribution in [0.3, 0.4) is 0 Å². The number of rotatable bonds is 7. The van der Waals surface area contributed by atoms with E-state index >= 15 is 0 Å². The molecule has 0 spiro atoms. The number of halogens is 3. The highest BCUT2D eigenvalue weighted by Gasteiger charge is 2.31. The third-order valence-corrected chi connectivity index (χ3v) is 4.25. The molecule has 0 radical (unpaired) electrons. The van der Waals surface area contributed by atoms with Crippen molar-refractivity contribution < 1.29 is 22.8 Å². The summed E-state index contributed by atoms with van der Waals surface area (Å²) in [7, 11) is 0. The zero-order valence-corrected chi connectivity index (χ0v) is 15.2. The van der Waals surface area contributed by atoms with Gasteiger partial charge in [-0.2, -0.15) is 13.2 Å². The first-order valence-corrected chi connectivity index (χ1v) is 8.99. The summed E-state index contributed by atoms with van der Waals surface area (Å²) in [5.74, 6) is -0.778. The van der Waals surface area contributed by atoms with Gasteiger partial charge in [-0.15, -0.1) is 5.10 Å². The molecule has 150 valence electrons. The molecule has 1 saturated carbocycles. The van der Waals surface area contributed by atoms with Crippen molar-refractivity contribution in [2.45, 2.75) is 44.8 Å². The summed E-state index contributed by atoms with van der Waals surface area (Å²) in [6.07, 6.45) is -4.21. The molecule has 0 atom stereocenters. The van der Waals surface area contributed by atoms with E-state index in [9.17, 15) is 22.8 Å². The lowest BCUT2D eigenvalue weighted by atomic mass is 10.1. The molecule has 1 aromatic heterocycles. The number of amides is 2. The van der Waals surface area contributed by atoms with Gasteiger partial charge in [-0.3, -0.25) is 9.59 Å². The fourth-order valence-electron chi connectivity index (χ4n) is 2.67. The molecule has 3 rings (SSSR count). The van der Waals surface area contributed by atoms with E-state index in [2.05, 4.69) is 20.9 Å². The van der Waals surface area contributed by atoms with Crippen LogP contribution in [-0.4, -0.2) is 45.6 Å². The monoisotopic (exact) mass is 395 g/mol. The molecule has 10 heteroatoms. The number of nitrogens with one attached hydrogen (secondary N) is 2.